The van der Waals surface area contributed by atoms with Gasteiger partial charge in [0, 0.05) is 6.54 Å². The van der Waals surface area contributed by atoms with E-state index in [1.807, 2.05) is 30.3 Å². The van der Waals surface area contributed by atoms with Crippen LogP contribution in [0.1, 0.15) is 23.1 Å². The fourth-order valence-electron chi connectivity index (χ4n) is 2.32. The second-order valence-corrected chi connectivity index (χ2v) is 5.40. The normalized spacial score (nSPS) is 9.92. The molecular formula is C19H20N4O. The predicted molar refractivity (Wildman–Crippen MR) is 93.7 cm³/mol. The highest BCUT2D eigenvalue weighted by Crippen LogP contribution is 2.26. The molecule has 5 heteroatoms. The SMILES string of the molecule is N#Cc1ccc(CCNCCCNc2cccc(C#N)c2O)cc1. The van der Waals surface area contributed by atoms with Crippen molar-refractivity contribution in [2.45, 2.75) is 12.8 Å². The van der Waals surface area contributed by atoms with Gasteiger partial charge in [-0.2, -0.15) is 10.5 Å². The highest BCUT2D eigenvalue weighted by Gasteiger charge is 2.05. The van der Waals surface area contributed by atoms with Crippen LogP contribution >= 0.6 is 0 Å². The lowest BCUT2D eigenvalue weighted by Gasteiger charge is -2.09. The van der Waals surface area contributed by atoms with Crippen LogP contribution in [0.4, 0.5) is 5.69 Å². The molecule has 122 valence electrons. The minimum atomic E-state index is 0.00813. The molecule has 2 aromatic carbocycles. The van der Waals surface area contributed by atoms with Crippen LogP contribution in [0.15, 0.2) is 42.5 Å². The molecule has 24 heavy (non-hydrogen) atoms. The molecule has 0 heterocycles. The smallest absolute Gasteiger partial charge is 0.156 e. The summed E-state index contributed by atoms with van der Waals surface area (Å²) in [5.74, 6) is 0.00813. The van der Waals surface area contributed by atoms with Crippen molar-refractivity contribution < 1.29 is 5.11 Å². The molecule has 5 nitrogen and oxygen atoms in total. The van der Waals surface area contributed by atoms with Crippen molar-refractivity contribution in [1.29, 1.82) is 10.5 Å². The zero-order valence-electron chi connectivity index (χ0n) is 13.4. The summed E-state index contributed by atoms with van der Waals surface area (Å²) in [5, 5.41) is 34.0. The van der Waals surface area contributed by atoms with E-state index in [4.69, 9.17) is 10.5 Å². The molecule has 2 rings (SSSR count). The Kier molecular flexibility index (Phi) is 6.64. The topological polar surface area (TPSA) is 91.9 Å². The van der Waals surface area contributed by atoms with E-state index >= 15 is 0 Å². The third kappa shape index (κ3) is 5.01. The van der Waals surface area contributed by atoms with E-state index in [1.54, 1.807) is 18.2 Å². The van der Waals surface area contributed by atoms with Crippen molar-refractivity contribution in [3.8, 4) is 17.9 Å². The second-order valence-electron chi connectivity index (χ2n) is 5.40. The van der Waals surface area contributed by atoms with Crippen LogP contribution in [0.2, 0.25) is 0 Å². The van der Waals surface area contributed by atoms with Crippen LogP contribution in [0.25, 0.3) is 0 Å². The molecule has 0 spiro atoms. The van der Waals surface area contributed by atoms with Crippen LogP contribution in [-0.2, 0) is 6.42 Å². The van der Waals surface area contributed by atoms with Crippen LogP contribution in [-0.4, -0.2) is 24.7 Å². The van der Waals surface area contributed by atoms with Gasteiger partial charge in [0.1, 0.15) is 6.07 Å². The van der Waals surface area contributed by atoms with Gasteiger partial charge in [0.2, 0.25) is 0 Å². The quantitative estimate of drug-likeness (QED) is 0.514. The van der Waals surface area contributed by atoms with Gasteiger partial charge in [-0.25, -0.2) is 0 Å². The van der Waals surface area contributed by atoms with Gasteiger partial charge in [0.05, 0.1) is 22.9 Å². The average molecular weight is 320 g/mol. The summed E-state index contributed by atoms with van der Waals surface area (Å²) in [6, 6.07) is 16.8. The first-order valence-corrected chi connectivity index (χ1v) is 7.90. The Bertz CT molecular complexity index is 741. The first-order chi connectivity index (χ1) is 11.7. The Morgan fingerprint density at radius 3 is 2.42 bits per heavy atom. The lowest BCUT2D eigenvalue weighted by atomic mass is 10.1. The van der Waals surface area contributed by atoms with Crippen LogP contribution in [0, 0.1) is 22.7 Å². The van der Waals surface area contributed by atoms with E-state index in [1.165, 1.54) is 5.56 Å². The fourth-order valence-corrected chi connectivity index (χ4v) is 2.32. The first-order valence-electron chi connectivity index (χ1n) is 7.90. The number of anilines is 1. The molecule has 2 aromatic rings. The largest absolute Gasteiger partial charge is 0.504 e. The van der Waals surface area contributed by atoms with Crippen LogP contribution in [0.5, 0.6) is 5.75 Å². The van der Waals surface area contributed by atoms with Gasteiger partial charge in [-0.15, -0.1) is 0 Å². The Morgan fingerprint density at radius 1 is 0.917 bits per heavy atom. The summed E-state index contributed by atoms with van der Waals surface area (Å²) in [5.41, 5.74) is 2.76. The first kappa shape index (κ1) is 17.3. The second kappa shape index (κ2) is 9.19. The molecule has 0 amide bonds. The molecule has 0 saturated carbocycles. The van der Waals surface area contributed by atoms with E-state index in [-0.39, 0.29) is 11.3 Å². The Balaban J connectivity index is 1.62. The number of phenolic OH excluding ortho intramolecular Hbond substituents is 1. The maximum atomic E-state index is 9.87. The number of nitriles is 2. The lowest BCUT2D eigenvalue weighted by molar-refractivity contribution is 0.475. The van der Waals surface area contributed by atoms with Crippen molar-refractivity contribution in [2.24, 2.45) is 0 Å². The maximum absolute atomic E-state index is 9.87. The van der Waals surface area contributed by atoms with Gasteiger partial charge in [-0.1, -0.05) is 18.2 Å². The number of benzene rings is 2. The van der Waals surface area contributed by atoms with Gasteiger partial charge in [0.15, 0.2) is 5.75 Å². The monoisotopic (exact) mass is 320 g/mol. The molecule has 0 aliphatic heterocycles. The Hall–Kier alpha value is -3.02. The molecule has 0 aromatic heterocycles. The summed E-state index contributed by atoms with van der Waals surface area (Å²) in [4.78, 5) is 0. The van der Waals surface area contributed by atoms with Crippen molar-refractivity contribution in [3.05, 3.63) is 59.2 Å². The number of nitrogens with zero attached hydrogens (tertiary/aromatic N) is 2. The van der Waals surface area contributed by atoms with Crippen molar-refractivity contribution >= 4 is 5.69 Å². The molecule has 0 fully saturated rings. The molecule has 3 N–H and O–H groups in total. The Labute approximate surface area is 142 Å². The summed E-state index contributed by atoms with van der Waals surface area (Å²) in [7, 11) is 0. The number of hydrogen-bond acceptors (Lipinski definition) is 5. The van der Waals surface area contributed by atoms with E-state index in [2.05, 4.69) is 16.7 Å². The molecule has 0 unspecified atom stereocenters. The number of rotatable bonds is 8. The number of hydrogen-bond donors (Lipinski definition) is 3. The molecule has 0 bridgehead atoms. The number of nitrogens with one attached hydrogen (secondary N) is 2. The standard InChI is InChI=1S/C19H20N4O/c20-13-16-7-5-15(6-8-16)9-12-22-10-2-11-23-18-4-1-3-17(14-21)19(18)24/h1,3-8,22-24H,2,9-12H2. The van der Waals surface area contributed by atoms with Crippen molar-refractivity contribution in [2.75, 3.05) is 25.0 Å². The van der Waals surface area contributed by atoms with Crippen LogP contribution in [0.3, 0.4) is 0 Å². The van der Waals surface area contributed by atoms with Gasteiger partial charge < -0.3 is 15.7 Å². The van der Waals surface area contributed by atoms with E-state index in [0.29, 0.717) is 17.8 Å². The number of para-hydroxylation sites is 1. The highest BCUT2D eigenvalue weighted by atomic mass is 16.3. The zero-order valence-corrected chi connectivity index (χ0v) is 13.4. The minimum Gasteiger partial charge on any atom is -0.504 e. The molecule has 0 radical (unpaired) electrons. The maximum Gasteiger partial charge on any atom is 0.156 e. The molecule has 0 aliphatic rings. The summed E-state index contributed by atoms with van der Waals surface area (Å²) < 4.78 is 0. The summed E-state index contributed by atoms with van der Waals surface area (Å²) >= 11 is 0. The average Bonchev–Trinajstić information content (AvgIpc) is 2.62. The zero-order chi connectivity index (χ0) is 17.2. The predicted octanol–water partition coefficient (Wildman–Crippen LogP) is 2.77. The van der Waals surface area contributed by atoms with Gasteiger partial charge >= 0.3 is 0 Å². The molecule has 0 atom stereocenters. The van der Waals surface area contributed by atoms with Crippen molar-refractivity contribution in [3.63, 3.8) is 0 Å². The Morgan fingerprint density at radius 2 is 1.71 bits per heavy atom. The summed E-state index contributed by atoms with van der Waals surface area (Å²) in [6.07, 6.45) is 1.83. The number of phenols is 1. The lowest BCUT2D eigenvalue weighted by Crippen LogP contribution is -2.20. The molecular weight excluding hydrogens is 300 g/mol. The van der Waals surface area contributed by atoms with Gasteiger partial charge in [0.25, 0.3) is 0 Å². The molecule has 0 aliphatic carbocycles. The van der Waals surface area contributed by atoms with Gasteiger partial charge in [-0.05, 0) is 55.8 Å². The third-order valence-electron chi connectivity index (χ3n) is 3.68. The highest BCUT2D eigenvalue weighted by molar-refractivity contribution is 5.62. The molecule has 0 saturated heterocycles. The minimum absolute atomic E-state index is 0.00813. The third-order valence-corrected chi connectivity index (χ3v) is 3.68. The van der Waals surface area contributed by atoms with E-state index in [0.717, 1.165) is 25.9 Å². The number of aromatic hydroxyl groups is 1. The van der Waals surface area contributed by atoms with Crippen molar-refractivity contribution in [1.82, 2.24) is 5.32 Å². The fraction of sp³-hybridized carbons (Fsp3) is 0.263. The summed E-state index contributed by atoms with van der Waals surface area (Å²) in [6.45, 7) is 2.45. The van der Waals surface area contributed by atoms with Crippen LogP contribution < -0.4 is 10.6 Å². The van der Waals surface area contributed by atoms with Gasteiger partial charge in [-0.3, -0.25) is 0 Å². The van der Waals surface area contributed by atoms with E-state index in [9.17, 15) is 5.11 Å². The van der Waals surface area contributed by atoms with E-state index < -0.39 is 0 Å².